The zero-order valence-electron chi connectivity index (χ0n) is 10.9. The second-order valence-electron chi connectivity index (χ2n) is 4.86. The molecule has 8 nitrogen and oxygen atoms in total. The molecule has 1 unspecified atom stereocenters. The summed E-state index contributed by atoms with van der Waals surface area (Å²) in [4.78, 5) is 26.7. The fourth-order valence-electron chi connectivity index (χ4n) is 2.39. The summed E-state index contributed by atoms with van der Waals surface area (Å²) in [6.45, 7) is 1.46. The first-order valence-electron chi connectivity index (χ1n) is 6.35. The Hall–Kier alpha value is -2.38. The van der Waals surface area contributed by atoms with Crippen LogP contribution in [0.4, 0.5) is 17.3 Å². The minimum Gasteiger partial charge on any atom is -0.481 e. The highest BCUT2D eigenvalue weighted by molar-refractivity contribution is 5.66. The lowest BCUT2D eigenvalue weighted by molar-refractivity contribution is -0.384. The molecule has 3 N–H and O–H groups in total. The summed E-state index contributed by atoms with van der Waals surface area (Å²) in [6.07, 6.45) is 1.69. The van der Waals surface area contributed by atoms with Gasteiger partial charge in [-0.2, -0.15) is 0 Å². The molecule has 0 aliphatic carbocycles. The second-order valence-corrected chi connectivity index (χ2v) is 4.86. The quantitative estimate of drug-likeness (QED) is 0.614. The topological polar surface area (TPSA) is 123 Å². The van der Waals surface area contributed by atoms with Gasteiger partial charge < -0.3 is 15.7 Å². The fourth-order valence-corrected chi connectivity index (χ4v) is 2.39. The van der Waals surface area contributed by atoms with Crippen LogP contribution in [0.25, 0.3) is 0 Å². The third-order valence-corrected chi connectivity index (χ3v) is 3.46. The van der Waals surface area contributed by atoms with E-state index in [4.69, 9.17) is 10.8 Å². The lowest BCUT2D eigenvalue weighted by Crippen LogP contribution is -2.21. The summed E-state index contributed by atoms with van der Waals surface area (Å²) in [7, 11) is 0. The highest BCUT2D eigenvalue weighted by Gasteiger charge is 2.25. The predicted octanol–water partition coefficient (Wildman–Crippen LogP) is 1.26. The molecule has 108 valence electrons. The molecule has 0 aromatic carbocycles. The van der Waals surface area contributed by atoms with Gasteiger partial charge in [-0.1, -0.05) is 0 Å². The molecule has 2 heterocycles. The number of nitrogen functional groups attached to an aromatic ring is 1. The summed E-state index contributed by atoms with van der Waals surface area (Å²) in [5.41, 5.74) is 5.37. The monoisotopic (exact) mass is 280 g/mol. The van der Waals surface area contributed by atoms with E-state index >= 15 is 0 Å². The number of pyridine rings is 1. The highest BCUT2D eigenvalue weighted by atomic mass is 16.6. The van der Waals surface area contributed by atoms with Crippen LogP contribution in [0.2, 0.25) is 0 Å². The number of nitro groups is 1. The van der Waals surface area contributed by atoms with Crippen LogP contribution in [-0.2, 0) is 4.79 Å². The largest absolute Gasteiger partial charge is 0.481 e. The Balaban J connectivity index is 2.01. The van der Waals surface area contributed by atoms with Crippen molar-refractivity contribution in [2.45, 2.75) is 19.3 Å². The van der Waals surface area contributed by atoms with E-state index in [1.54, 1.807) is 6.07 Å². The Bertz CT molecular complexity index is 534. The second kappa shape index (κ2) is 5.72. The minimum atomic E-state index is -0.791. The number of aromatic nitrogens is 1. The van der Waals surface area contributed by atoms with Crippen LogP contribution >= 0.6 is 0 Å². The number of hydrogen-bond acceptors (Lipinski definition) is 6. The summed E-state index contributed by atoms with van der Waals surface area (Å²) >= 11 is 0. The maximum atomic E-state index is 10.7. The van der Waals surface area contributed by atoms with E-state index in [9.17, 15) is 14.9 Å². The standard InChI is InChI=1S/C12H16N4O4/c13-12-9(16(19)20)2-3-10(14-12)15-6-5-8(7-15)1-4-11(17)18/h2-3,8H,1,4-7H2,(H2,13,14)(H,17,18). The maximum absolute atomic E-state index is 10.7. The molecule has 1 aromatic heterocycles. The Kier molecular flexibility index (Phi) is 4.02. The van der Waals surface area contributed by atoms with Gasteiger partial charge in [0.25, 0.3) is 0 Å². The number of carbonyl (C=O) groups is 1. The molecule has 1 fully saturated rings. The molecule has 0 amide bonds. The number of anilines is 2. The molecule has 1 aliphatic rings. The van der Waals surface area contributed by atoms with Crippen molar-refractivity contribution < 1.29 is 14.8 Å². The van der Waals surface area contributed by atoms with Gasteiger partial charge in [-0.25, -0.2) is 4.98 Å². The molecular weight excluding hydrogens is 264 g/mol. The maximum Gasteiger partial charge on any atom is 0.311 e. The molecule has 0 saturated carbocycles. The van der Waals surface area contributed by atoms with Gasteiger partial charge in [-0.15, -0.1) is 0 Å². The van der Waals surface area contributed by atoms with E-state index in [1.807, 2.05) is 4.90 Å². The molecule has 0 radical (unpaired) electrons. The molecule has 1 atom stereocenters. The first-order chi connectivity index (χ1) is 9.47. The van der Waals surface area contributed by atoms with Crippen LogP contribution in [0, 0.1) is 16.0 Å². The molecule has 0 bridgehead atoms. The zero-order valence-corrected chi connectivity index (χ0v) is 10.9. The number of rotatable bonds is 5. The summed E-state index contributed by atoms with van der Waals surface area (Å²) in [6, 6.07) is 2.93. The Morgan fingerprint density at radius 2 is 2.35 bits per heavy atom. The number of hydrogen-bond donors (Lipinski definition) is 2. The first-order valence-corrected chi connectivity index (χ1v) is 6.35. The van der Waals surface area contributed by atoms with Crippen LogP contribution in [-0.4, -0.2) is 34.1 Å². The van der Waals surface area contributed by atoms with Gasteiger partial charge >= 0.3 is 11.7 Å². The number of carboxylic acids is 1. The minimum absolute atomic E-state index is 0.0958. The predicted molar refractivity (Wildman–Crippen MR) is 72.5 cm³/mol. The third kappa shape index (κ3) is 3.14. The summed E-state index contributed by atoms with van der Waals surface area (Å²) < 4.78 is 0. The number of nitrogens with two attached hydrogens (primary N) is 1. The van der Waals surface area contributed by atoms with Gasteiger partial charge in [0.05, 0.1) is 4.92 Å². The lowest BCUT2D eigenvalue weighted by Gasteiger charge is -2.17. The summed E-state index contributed by atoms with van der Waals surface area (Å²) in [5.74, 6) is 0.0258. The van der Waals surface area contributed by atoms with E-state index in [-0.39, 0.29) is 17.9 Å². The smallest absolute Gasteiger partial charge is 0.311 e. The van der Waals surface area contributed by atoms with Crippen molar-refractivity contribution in [2.24, 2.45) is 5.92 Å². The van der Waals surface area contributed by atoms with E-state index in [0.717, 1.165) is 13.0 Å². The van der Waals surface area contributed by atoms with Crippen molar-refractivity contribution in [1.29, 1.82) is 0 Å². The van der Waals surface area contributed by atoms with E-state index in [0.29, 0.717) is 24.7 Å². The average Bonchev–Trinajstić information content (AvgIpc) is 2.84. The molecule has 2 rings (SSSR count). The zero-order chi connectivity index (χ0) is 14.7. The number of nitrogens with zero attached hydrogens (tertiary/aromatic N) is 3. The van der Waals surface area contributed by atoms with E-state index < -0.39 is 10.9 Å². The fraction of sp³-hybridized carbons (Fsp3) is 0.500. The van der Waals surface area contributed by atoms with Crippen LogP contribution < -0.4 is 10.6 Å². The molecule has 1 saturated heterocycles. The molecule has 1 aliphatic heterocycles. The average molecular weight is 280 g/mol. The normalized spacial score (nSPS) is 18.2. The van der Waals surface area contributed by atoms with E-state index in [2.05, 4.69) is 4.98 Å². The SMILES string of the molecule is Nc1nc(N2CCC(CCC(=O)O)C2)ccc1[N+](=O)[O-]. The molecule has 0 spiro atoms. The number of carboxylic acid groups (broad SMARTS) is 1. The molecule has 20 heavy (non-hydrogen) atoms. The van der Waals surface area contributed by atoms with Gasteiger partial charge in [0.1, 0.15) is 5.82 Å². The first kappa shape index (κ1) is 14.0. The third-order valence-electron chi connectivity index (χ3n) is 3.46. The van der Waals surface area contributed by atoms with Crippen LogP contribution in [0.1, 0.15) is 19.3 Å². The lowest BCUT2D eigenvalue weighted by atomic mass is 10.0. The Labute approximate surface area is 115 Å². The van der Waals surface area contributed by atoms with Crippen LogP contribution in [0.15, 0.2) is 12.1 Å². The van der Waals surface area contributed by atoms with Gasteiger partial charge in [0.2, 0.25) is 5.82 Å². The van der Waals surface area contributed by atoms with Gasteiger partial charge in [-0.05, 0) is 24.8 Å². The van der Waals surface area contributed by atoms with Crippen molar-refractivity contribution in [3.8, 4) is 0 Å². The molecular formula is C12H16N4O4. The summed E-state index contributed by atoms with van der Waals surface area (Å²) in [5, 5.41) is 19.3. The number of aliphatic carboxylic acids is 1. The highest BCUT2D eigenvalue weighted by Crippen LogP contribution is 2.28. The van der Waals surface area contributed by atoms with Crippen LogP contribution in [0.3, 0.4) is 0 Å². The van der Waals surface area contributed by atoms with Crippen molar-refractivity contribution in [2.75, 3.05) is 23.7 Å². The van der Waals surface area contributed by atoms with Gasteiger partial charge in [0.15, 0.2) is 0 Å². The Morgan fingerprint density at radius 3 is 2.95 bits per heavy atom. The molecule has 8 heteroatoms. The van der Waals surface area contributed by atoms with Gasteiger partial charge in [0, 0.05) is 25.6 Å². The van der Waals surface area contributed by atoms with Crippen molar-refractivity contribution >= 4 is 23.3 Å². The van der Waals surface area contributed by atoms with Crippen molar-refractivity contribution in [3.63, 3.8) is 0 Å². The Morgan fingerprint density at radius 1 is 1.60 bits per heavy atom. The molecule has 1 aromatic rings. The van der Waals surface area contributed by atoms with E-state index in [1.165, 1.54) is 6.07 Å². The van der Waals surface area contributed by atoms with Crippen molar-refractivity contribution in [1.82, 2.24) is 4.98 Å². The van der Waals surface area contributed by atoms with Crippen molar-refractivity contribution in [3.05, 3.63) is 22.2 Å². The van der Waals surface area contributed by atoms with Crippen LogP contribution in [0.5, 0.6) is 0 Å². The van der Waals surface area contributed by atoms with Gasteiger partial charge in [-0.3, -0.25) is 14.9 Å².